The third kappa shape index (κ3) is 3.91. The Morgan fingerprint density at radius 3 is 1.82 bits per heavy atom. The summed E-state index contributed by atoms with van der Waals surface area (Å²) in [5.74, 6) is 0. The molecular weight excluding hydrogens is 375 g/mol. The molecule has 1 aromatic heterocycles. The molecule has 2 aromatic rings. The van der Waals surface area contributed by atoms with Gasteiger partial charge in [-0.2, -0.15) is 13.2 Å². The molecule has 0 atom stereocenters. The molecule has 0 spiro atoms. The summed E-state index contributed by atoms with van der Waals surface area (Å²) < 4.78 is 42.3. The molecule has 0 aliphatic carbocycles. The molecule has 0 saturated heterocycles. The molecule has 0 bridgehead atoms. The Hall–Kier alpha value is -1.62. The summed E-state index contributed by atoms with van der Waals surface area (Å²) in [6, 6.07) is 9.35. The smallest absolute Gasteiger partial charge is 0.201 e. The molecule has 5 heteroatoms. The number of pyridine rings is 1. The molecule has 0 N–H and O–H groups in total. The fourth-order valence-corrected chi connectivity index (χ4v) is 4.21. The normalized spacial score (nSPS) is 13.7. The lowest BCUT2D eigenvalue weighted by Crippen LogP contribution is -2.46. The molecule has 28 heavy (non-hydrogen) atoms. The first kappa shape index (κ1) is 22.7. The number of hydrogen-bond acceptors (Lipinski definition) is 0. The van der Waals surface area contributed by atoms with E-state index in [0.29, 0.717) is 5.56 Å². The Labute approximate surface area is 168 Å². The number of benzene rings is 1. The van der Waals surface area contributed by atoms with Gasteiger partial charge in [0.2, 0.25) is 5.69 Å². The molecule has 0 aliphatic heterocycles. The second-order valence-electron chi connectivity index (χ2n) is 9.94. The Morgan fingerprint density at radius 2 is 1.39 bits per heavy atom. The maximum atomic E-state index is 13.4. The highest BCUT2D eigenvalue weighted by Gasteiger charge is 2.48. The van der Waals surface area contributed by atoms with E-state index in [1.54, 1.807) is 12.1 Å². The molecule has 2 rings (SSSR count). The number of rotatable bonds is 4. The third-order valence-electron chi connectivity index (χ3n) is 6.66. The number of halogens is 3. The van der Waals surface area contributed by atoms with Crippen molar-refractivity contribution in [3.8, 4) is 11.3 Å². The summed E-state index contributed by atoms with van der Waals surface area (Å²) in [5.41, 5.74) is 2.53. The van der Waals surface area contributed by atoms with Crippen LogP contribution in [0.4, 0.5) is 13.2 Å². The van der Waals surface area contributed by atoms with E-state index in [-0.39, 0.29) is 5.04 Å². The molecule has 1 heterocycles. The zero-order valence-corrected chi connectivity index (χ0v) is 19.5. The molecular formula is C23H33F3NSi+. The third-order valence-corrected chi connectivity index (χ3v) is 10.7. The van der Waals surface area contributed by atoms with Crippen LogP contribution in [0.3, 0.4) is 0 Å². The Morgan fingerprint density at radius 1 is 0.857 bits per heavy atom. The predicted octanol–water partition coefficient (Wildman–Crippen LogP) is 6.48. The van der Waals surface area contributed by atoms with E-state index >= 15 is 0 Å². The van der Waals surface area contributed by atoms with Crippen LogP contribution >= 0.6 is 0 Å². The van der Waals surface area contributed by atoms with Crippen LogP contribution in [0.5, 0.6) is 0 Å². The largest absolute Gasteiger partial charge is 0.397 e. The van der Waals surface area contributed by atoms with Gasteiger partial charge in [-0.1, -0.05) is 45.6 Å². The van der Waals surface area contributed by atoms with Crippen molar-refractivity contribution in [1.82, 2.24) is 0 Å². The van der Waals surface area contributed by atoms with Crippen LogP contribution in [0.2, 0.25) is 19.6 Å². The molecule has 0 unspecified atom stereocenters. The lowest BCUT2D eigenvalue weighted by atomic mass is 9.82. The first-order chi connectivity index (χ1) is 12.5. The van der Waals surface area contributed by atoms with Gasteiger partial charge in [0.1, 0.15) is 7.05 Å². The summed E-state index contributed by atoms with van der Waals surface area (Å²) >= 11 is 0. The van der Waals surface area contributed by atoms with E-state index in [1.165, 1.54) is 19.4 Å². The van der Waals surface area contributed by atoms with Crippen LogP contribution < -0.4 is 4.57 Å². The van der Waals surface area contributed by atoms with Crippen molar-refractivity contribution < 1.29 is 17.7 Å². The van der Waals surface area contributed by atoms with E-state index in [0.717, 1.165) is 16.8 Å². The lowest BCUT2D eigenvalue weighted by molar-refractivity contribution is -0.661. The van der Waals surface area contributed by atoms with E-state index in [1.807, 2.05) is 20.0 Å². The molecule has 154 valence electrons. The van der Waals surface area contributed by atoms with Crippen LogP contribution in [0.1, 0.15) is 44.4 Å². The number of aromatic nitrogens is 1. The number of aryl methyl sites for hydroxylation is 2. The first-order valence-corrected chi connectivity index (χ1v) is 13.2. The van der Waals surface area contributed by atoms with Crippen molar-refractivity contribution in [1.29, 1.82) is 0 Å². The minimum Gasteiger partial charge on any atom is -0.201 e. The molecule has 0 saturated carbocycles. The maximum Gasteiger partial charge on any atom is 0.397 e. The van der Waals surface area contributed by atoms with Crippen molar-refractivity contribution in [2.24, 2.45) is 7.05 Å². The van der Waals surface area contributed by atoms with Crippen LogP contribution in [0.25, 0.3) is 11.3 Å². The van der Waals surface area contributed by atoms with Crippen LogP contribution in [0.15, 0.2) is 36.5 Å². The number of alkyl halides is 3. The topological polar surface area (TPSA) is 3.88 Å². The van der Waals surface area contributed by atoms with Gasteiger partial charge in [-0.3, -0.25) is 0 Å². The average molecular weight is 409 g/mol. The van der Waals surface area contributed by atoms with Gasteiger partial charge in [0.05, 0.1) is 13.5 Å². The lowest BCUT2D eigenvalue weighted by Gasteiger charge is -2.36. The fraction of sp³-hybridized carbons (Fsp3) is 0.522. The quantitative estimate of drug-likeness (QED) is 0.402. The van der Waals surface area contributed by atoms with Crippen molar-refractivity contribution in [3.63, 3.8) is 0 Å². The van der Waals surface area contributed by atoms with Gasteiger partial charge in [0.15, 0.2) is 6.20 Å². The molecule has 1 aromatic carbocycles. The van der Waals surface area contributed by atoms with Crippen LogP contribution in [-0.2, 0) is 17.5 Å². The summed E-state index contributed by atoms with van der Waals surface area (Å²) in [6.45, 7) is 16.0. The minimum atomic E-state index is -4.28. The zero-order chi connectivity index (χ0) is 21.7. The van der Waals surface area contributed by atoms with E-state index in [2.05, 4.69) is 56.4 Å². The van der Waals surface area contributed by atoms with Crippen molar-refractivity contribution >= 4 is 8.07 Å². The molecule has 1 nitrogen and oxygen atoms in total. The van der Waals surface area contributed by atoms with Gasteiger partial charge in [-0.05, 0) is 49.1 Å². The Kier molecular flexibility index (Phi) is 5.67. The van der Waals surface area contributed by atoms with Crippen LogP contribution in [0, 0.1) is 6.92 Å². The highest BCUT2D eigenvalue weighted by Crippen LogP contribution is 2.41. The predicted molar refractivity (Wildman–Crippen MR) is 113 cm³/mol. The SMILES string of the molecule is Cc1cc(C(C)(C)C(F)(F)F)ccc1-c1ccc(C(C)(C)[Si](C)(C)C)c[n+]1C. The highest BCUT2D eigenvalue weighted by molar-refractivity contribution is 6.78. The van der Waals surface area contributed by atoms with E-state index in [4.69, 9.17) is 0 Å². The monoisotopic (exact) mass is 408 g/mol. The number of hydrogen-bond donors (Lipinski definition) is 0. The summed E-state index contributed by atoms with van der Waals surface area (Å²) in [5, 5.41) is 0.124. The van der Waals surface area contributed by atoms with Crippen LogP contribution in [-0.4, -0.2) is 14.3 Å². The van der Waals surface area contributed by atoms with Gasteiger partial charge < -0.3 is 0 Å². The summed E-state index contributed by atoms with van der Waals surface area (Å²) in [7, 11) is 0.584. The van der Waals surface area contributed by atoms with E-state index < -0.39 is 19.7 Å². The van der Waals surface area contributed by atoms with Gasteiger partial charge in [0, 0.05) is 17.2 Å². The fourth-order valence-electron chi connectivity index (χ4n) is 3.19. The molecule has 0 amide bonds. The second kappa shape index (κ2) is 7.01. The van der Waals surface area contributed by atoms with Crippen molar-refractivity contribution in [2.75, 3.05) is 0 Å². The summed E-state index contributed by atoms with van der Waals surface area (Å²) in [4.78, 5) is 0. The first-order valence-electron chi connectivity index (χ1n) is 9.68. The van der Waals surface area contributed by atoms with Crippen molar-refractivity contribution in [2.45, 2.75) is 70.9 Å². The van der Waals surface area contributed by atoms with Gasteiger partial charge >= 0.3 is 6.18 Å². The molecule has 0 radical (unpaired) electrons. The molecule has 0 fully saturated rings. The van der Waals surface area contributed by atoms with Gasteiger partial charge in [-0.25, -0.2) is 4.57 Å². The Bertz CT molecular complexity index is 801. The van der Waals surface area contributed by atoms with E-state index in [9.17, 15) is 13.2 Å². The second-order valence-corrected chi connectivity index (χ2v) is 15.7. The van der Waals surface area contributed by atoms with Gasteiger partial charge in [-0.15, -0.1) is 0 Å². The highest BCUT2D eigenvalue weighted by atomic mass is 28.3. The average Bonchev–Trinajstić information content (AvgIpc) is 2.53. The van der Waals surface area contributed by atoms with Crippen molar-refractivity contribution in [3.05, 3.63) is 53.2 Å². The van der Waals surface area contributed by atoms with Gasteiger partial charge in [0.25, 0.3) is 0 Å². The maximum absolute atomic E-state index is 13.4. The number of nitrogens with zero attached hydrogens (tertiary/aromatic N) is 1. The molecule has 0 aliphatic rings. The Balaban J connectivity index is 2.50. The standard InChI is InChI=1S/C23H33F3NSi/c1-16-14-17(21(2,3)23(24,25)26)10-12-19(16)20-13-11-18(15-27(20)6)22(4,5)28(7,8)9/h10-15H,1-9H3/q+1. The summed E-state index contributed by atoms with van der Waals surface area (Å²) in [6.07, 6.45) is -2.11. The minimum absolute atomic E-state index is 0.124. The zero-order valence-electron chi connectivity index (χ0n) is 18.5.